The van der Waals surface area contributed by atoms with Crippen molar-refractivity contribution in [3.8, 4) is 0 Å². The molecule has 0 aliphatic heterocycles. The molecule has 0 aliphatic rings. The first-order chi connectivity index (χ1) is 2.94. The molecule has 0 aliphatic carbocycles. The summed E-state index contributed by atoms with van der Waals surface area (Å²) in [4.78, 5) is 10.4. The lowest BCUT2D eigenvalue weighted by atomic mass is 9.92. The fourth-order valence-electron chi connectivity index (χ4n) is 0. The van der Waals surface area contributed by atoms with Crippen LogP contribution in [0.2, 0.25) is 0 Å². The summed E-state index contributed by atoms with van der Waals surface area (Å²) in [6, 6.07) is 0. The predicted octanol–water partition coefficient (Wildman–Crippen LogP) is 1.44. The van der Waals surface area contributed by atoms with Gasteiger partial charge in [0.05, 0.1) is 0 Å². The van der Waals surface area contributed by atoms with E-state index in [0.717, 1.165) is 0 Å². The first-order valence-electron chi connectivity index (χ1n) is 2.31. The van der Waals surface area contributed by atoms with Gasteiger partial charge in [-0.3, -0.25) is 4.79 Å². The lowest BCUT2D eigenvalue weighted by molar-refractivity contribution is -0.121. The van der Waals surface area contributed by atoms with Crippen LogP contribution in [-0.2, 0) is 4.79 Å². The molecule has 0 atom stereocenters. The maximum atomic E-state index is 10.4. The normalized spacial score (nSPS) is 11.4. The minimum Gasteiger partial charge on any atom is -0.299 e. The average Bonchev–Trinajstić information content (AvgIpc) is 1.31. The van der Waals surface area contributed by atoms with Crippen molar-refractivity contribution < 1.29 is 4.79 Å². The van der Waals surface area contributed by atoms with Crippen molar-refractivity contribution in [2.24, 2.45) is 5.41 Å². The molecule has 41 valence electrons. The third kappa shape index (κ3) is 2.38. The van der Waals surface area contributed by atoms with E-state index < -0.39 is 0 Å². The molecule has 1 heteroatoms. The van der Waals surface area contributed by atoms with Crippen LogP contribution in [0.3, 0.4) is 0 Å². The van der Waals surface area contributed by atoms with E-state index >= 15 is 0 Å². The first-order valence-corrected chi connectivity index (χ1v) is 2.31. The summed E-state index contributed by atoms with van der Waals surface area (Å²) < 4.78 is 0. The summed E-state index contributed by atoms with van der Waals surface area (Å²) in [5.74, 6) is -0.00694. The SMILES string of the molecule is [CH2]C(=O)C(C)(C)C. The quantitative estimate of drug-likeness (QED) is 0.449. The van der Waals surface area contributed by atoms with E-state index in [1.807, 2.05) is 20.8 Å². The molecular weight excluding hydrogens is 88.1 g/mol. The van der Waals surface area contributed by atoms with Gasteiger partial charge in [-0.15, -0.1) is 0 Å². The molecule has 0 saturated heterocycles. The molecule has 1 radical (unpaired) electrons. The van der Waals surface area contributed by atoms with Crippen molar-refractivity contribution in [3.63, 3.8) is 0 Å². The number of carbonyl (C=O) groups excluding carboxylic acids is 1. The maximum Gasteiger partial charge on any atom is 0.138 e. The third-order valence-electron chi connectivity index (χ3n) is 0.837. The van der Waals surface area contributed by atoms with Gasteiger partial charge >= 0.3 is 0 Å². The lowest BCUT2D eigenvalue weighted by Gasteiger charge is -2.11. The monoisotopic (exact) mass is 99.1 g/mol. The lowest BCUT2D eigenvalue weighted by Crippen LogP contribution is -2.15. The van der Waals surface area contributed by atoms with Crippen molar-refractivity contribution in [1.29, 1.82) is 0 Å². The number of rotatable bonds is 0. The van der Waals surface area contributed by atoms with Gasteiger partial charge in [0.15, 0.2) is 0 Å². The molecule has 0 rings (SSSR count). The van der Waals surface area contributed by atoms with Crippen LogP contribution in [0.4, 0.5) is 0 Å². The molecule has 7 heavy (non-hydrogen) atoms. The highest BCUT2D eigenvalue weighted by Crippen LogP contribution is 2.12. The minimum absolute atomic E-state index is 0.00694. The Morgan fingerprint density at radius 2 is 1.57 bits per heavy atom. The second kappa shape index (κ2) is 1.65. The van der Waals surface area contributed by atoms with Gasteiger partial charge < -0.3 is 0 Å². The van der Waals surface area contributed by atoms with E-state index in [9.17, 15) is 4.79 Å². The highest BCUT2D eigenvalue weighted by atomic mass is 16.1. The first kappa shape index (κ1) is 6.67. The topological polar surface area (TPSA) is 17.1 Å². The average molecular weight is 99.2 g/mol. The largest absolute Gasteiger partial charge is 0.299 e. The zero-order valence-corrected chi connectivity index (χ0v) is 5.12. The molecule has 0 unspecified atom stereocenters. The fourth-order valence-corrected chi connectivity index (χ4v) is 0. The smallest absolute Gasteiger partial charge is 0.138 e. The zero-order valence-electron chi connectivity index (χ0n) is 5.12. The van der Waals surface area contributed by atoms with Crippen LogP contribution in [0.5, 0.6) is 0 Å². The van der Waals surface area contributed by atoms with Gasteiger partial charge in [0, 0.05) is 12.3 Å². The van der Waals surface area contributed by atoms with Gasteiger partial charge in [-0.05, 0) is 0 Å². The number of ketones is 1. The Bertz CT molecular complexity index is 76.7. The summed E-state index contributed by atoms with van der Waals surface area (Å²) in [6.07, 6.45) is 0. The summed E-state index contributed by atoms with van der Waals surface area (Å²) >= 11 is 0. The van der Waals surface area contributed by atoms with Gasteiger partial charge in [-0.25, -0.2) is 0 Å². The van der Waals surface area contributed by atoms with Crippen LogP contribution in [0.15, 0.2) is 0 Å². The van der Waals surface area contributed by atoms with Gasteiger partial charge in [0.25, 0.3) is 0 Å². The predicted molar refractivity (Wildman–Crippen MR) is 29.8 cm³/mol. The second-order valence-corrected chi connectivity index (χ2v) is 2.67. The Kier molecular flexibility index (Phi) is 1.57. The Hall–Kier alpha value is -0.330. The molecule has 0 bridgehead atoms. The van der Waals surface area contributed by atoms with E-state index in [2.05, 4.69) is 6.92 Å². The minimum atomic E-state index is -0.250. The van der Waals surface area contributed by atoms with Crippen molar-refractivity contribution in [2.45, 2.75) is 20.8 Å². The van der Waals surface area contributed by atoms with Crippen molar-refractivity contribution in [3.05, 3.63) is 6.92 Å². The molecule has 0 spiro atoms. The number of hydrogen-bond acceptors (Lipinski definition) is 1. The fraction of sp³-hybridized carbons (Fsp3) is 0.667. The van der Waals surface area contributed by atoms with Crippen LogP contribution in [0.25, 0.3) is 0 Å². The van der Waals surface area contributed by atoms with Gasteiger partial charge in [-0.2, -0.15) is 0 Å². The van der Waals surface area contributed by atoms with Gasteiger partial charge in [-0.1, -0.05) is 20.8 Å². The van der Waals surface area contributed by atoms with Crippen LogP contribution in [-0.4, -0.2) is 5.78 Å². The molecule has 0 aromatic carbocycles. The molecule has 0 heterocycles. The van der Waals surface area contributed by atoms with Crippen LogP contribution < -0.4 is 0 Å². The molecule has 0 N–H and O–H groups in total. The van der Waals surface area contributed by atoms with E-state index in [0.29, 0.717) is 0 Å². The van der Waals surface area contributed by atoms with E-state index in [-0.39, 0.29) is 11.2 Å². The number of Topliss-reactive ketones (excluding diaryl/α,β-unsaturated/α-hetero) is 1. The highest BCUT2D eigenvalue weighted by Gasteiger charge is 2.14. The van der Waals surface area contributed by atoms with E-state index in [1.165, 1.54) is 0 Å². The van der Waals surface area contributed by atoms with Crippen molar-refractivity contribution >= 4 is 5.78 Å². The summed E-state index contributed by atoms with van der Waals surface area (Å²) in [5, 5.41) is 0. The standard InChI is InChI=1S/C6H11O/c1-5(7)6(2,3)4/h1H2,2-4H3. The van der Waals surface area contributed by atoms with Crippen molar-refractivity contribution in [2.75, 3.05) is 0 Å². The summed E-state index contributed by atoms with van der Waals surface area (Å²) in [5.41, 5.74) is -0.250. The molecule has 0 amide bonds. The molecule has 0 aromatic rings. The third-order valence-corrected chi connectivity index (χ3v) is 0.837. The summed E-state index contributed by atoms with van der Waals surface area (Å²) in [7, 11) is 0. The second-order valence-electron chi connectivity index (χ2n) is 2.67. The number of hydrogen-bond donors (Lipinski definition) is 0. The highest BCUT2D eigenvalue weighted by molar-refractivity contribution is 5.87. The maximum absolute atomic E-state index is 10.4. The Morgan fingerprint density at radius 3 is 1.57 bits per heavy atom. The Morgan fingerprint density at radius 1 is 1.43 bits per heavy atom. The molecule has 0 aromatic heterocycles. The van der Waals surface area contributed by atoms with E-state index in [4.69, 9.17) is 0 Å². The molecule has 1 nitrogen and oxygen atoms in total. The van der Waals surface area contributed by atoms with Crippen LogP contribution in [0, 0.1) is 12.3 Å². The van der Waals surface area contributed by atoms with Crippen LogP contribution >= 0.6 is 0 Å². The Balaban J connectivity index is 3.79. The molecule has 0 saturated carbocycles. The Labute approximate surface area is 44.7 Å². The zero-order chi connectivity index (χ0) is 6.08. The van der Waals surface area contributed by atoms with Gasteiger partial charge in [0.1, 0.15) is 5.78 Å². The summed E-state index contributed by atoms with van der Waals surface area (Å²) in [6.45, 7) is 8.82. The molecular formula is C6H11O. The van der Waals surface area contributed by atoms with E-state index in [1.54, 1.807) is 0 Å². The van der Waals surface area contributed by atoms with Crippen molar-refractivity contribution in [1.82, 2.24) is 0 Å². The van der Waals surface area contributed by atoms with Crippen LogP contribution in [0.1, 0.15) is 20.8 Å². The molecule has 0 fully saturated rings. The number of carbonyl (C=O) groups is 1. The van der Waals surface area contributed by atoms with Gasteiger partial charge in [0.2, 0.25) is 0 Å².